The highest BCUT2D eigenvalue weighted by atomic mass is 32.1. The number of rotatable bonds is 7. The number of hydrogen-bond donors (Lipinski definition) is 3. The van der Waals surface area contributed by atoms with Gasteiger partial charge in [0.2, 0.25) is 5.95 Å². The van der Waals surface area contributed by atoms with Crippen molar-refractivity contribution < 1.29 is 5.11 Å². The van der Waals surface area contributed by atoms with Crippen LogP contribution in [-0.2, 0) is 6.54 Å². The number of nitrogens with zero attached hydrogens (tertiary/aromatic N) is 5. The third-order valence-corrected chi connectivity index (χ3v) is 8.53. The summed E-state index contributed by atoms with van der Waals surface area (Å²) in [4.78, 5) is 23.0. The quantitative estimate of drug-likeness (QED) is 0.352. The van der Waals surface area contributed by atoms with Crippen molar-refractivity contribution in [1.82, 2.24) is 24.9 Å². The minimum Gasteiger partial charge on any atom is -0.396 e. The van der Waals surface area contributed by atoms with Crippen molar-refractivity contribution in [3.05, 3.63) is 40.7 Å². The molecule has 1 aliphatic rings. The summed E-state index contributed by atoms with van der Waals surface area (Å²) in [7, 11) is 0. The molecule has 0 aromatic carbocycles. The lowest BCUT2D eigenvalue weighted by Crippen LogP contribution is -2.25. The van der Waals surface area contributed by atoms with Crippen LogP contribution in [0.3, 0.4) is 0 Å². The molecule has 0 radical (unpaired) electrons. The third-order valence-electron chi connectivity index (χ3n) is 6.70. The first kappa shape index (κ1) is 22.1. The normalized spacial score (nSPS) is 22.7. The zero-order valence-electron chi connectivity index (χ0n) is 18.8. The summed E-state index contributed by atoms with van der Waals surface area (Å²) in [6.45, 7) is 7.26. The molecule has 4 atom stereocenters. The van der Waals surface area contributed by atoms with E-state index < -0.39 is 0 Å². The molecule has 0 spiro atoms. The molecule has 0 bridgehead atoms. The molecule has 0 aliphatic heterocycles. The minimum atomic E-state index is 0.213. The van der Waals surface area contributed by atoms with Crippen molar-refractivity contribution in [2.75, 3.05) is 17.2 Å². The Morgan fingerprint density at radius 2 is 2.03 bits per heavy atom. The number of anilines is 2. The molecule has 33 heavy (non-hydrogen) atoms. The molecule has 0 amide bonds. The van der Waals surface area contributed by atoms with Gasteiger partial charge in [-0.05, 0) is 37.2 Å². The summed E-state index contributed by atoms with van der Waals surface area (Å²) in [6.07, 6.45) is 6.28. The molecule has 4 heterocycles. The van der Waals surface area contributed by atoms with Crippen molar-refractivity contribution >= 4 is 44.7 Å². The largest absolute Gasteiger partial charge is 0.396 e. The lowest BCUT2D eigenvalue weighted by Gasteiger charge is -2.22. The predicted molar refractivity (Wildman–Crippen MR) is 134 cm³/mol. The van der Waals surface area contributed by atoms with Crippen LogP contribution in [0.1, 0.15) is 31.0 Å². The predicted octanol–water partition coefficient (Wildman–Crippen LogP) is 4.59. The third kappa shape index (κ3) is 4.42. The molecule has 1 aliphatic carbocycles. The maximum Gasteiger partial charge on any atom is 0.225 e. The topological polar surface area (TPSA) is 109 Å². The van der Waals surface area contributed by atoms with Crippen LogP contribution in [0.5, 0.6) is 0 Å². The van der Waals surface area contributed by atoms with Crippen LogP contribution in [-0.4, -0.2) is 42.7 Å². The van der Waals surface area contributed by atoms with Gasteiger partial charge >= 0.3 is 0 Å². The van der Waals surface area contributed by atoms with E-state index in [1.54, 1.807) is 41.3 Å². The average molecular weight is 482 g/mol. The summed E-state index contributed by atoms with van der Waals surface area (Å²) >= 11 is 3.22. The van der Waals surface area contributed by atoms with Gasteiger partial charge in [0.15, 0.2) is 0 Å². The minimum absolute atomic E-state index is 0.213. The number of aryl methyl sites for hydroxylation is 1. The highest BCUT2D eigenvalue weighted by Gasteiger charge is 2.38. The Hall–Kier alpha value is -2.69. The van der Waals surface area contributed by atoms with Gasteiger partial charge in [0, 0.05) is 30.4 Å². The fourth-order valence-corrected chi connectivity index (χ4v) is 6.14. The van der Waals surface area contributed by atoms with Crippen LogP contribution in [0, 0.1) is 24.7 Å². The Bertz CT molecular complexity index is 1210. The number of aliphatic hydroxyl groups is 1. The van der Waals surface area contributed by atoms with Crippen molar-refractivity contribution in [2.45, 2.75) is 39.8 Å². The first-order valence-electron chi connectivity index (χ1n) is 11.1. The fourth-order valence-electron chi connectivity index (χ4n) is 4.55. The Balaban J connectivity index is 1.52. The second kappa shape index (κ2) is 9.28. The van der Waals surface area contributed by atoms with Gasteiger partial charge in [-0.2, -0.15) is 4.98 Å². The van der Waals surface area contributed by atoms with Crippen molar-refractivity contribution in [2.24, 2.45) is 17.8 Å². The number of thiazole rings is 2. The van der Waals surface area contributed by atoms with Gasteiger partial charge in [-0.15, -0.1) is 22.7 Å². The fraction of sp³-hybridized carbons (Fsp3) is 0.435. The standard InChI is InChI=1S/C23H27N7OS2/c1-12-13(2)16(8-15(12)11-31)28-21-20(22-29-17-9-24-5-4-18(17)33-22)14(3)27-23(30-21)26-10-19-25-6-7-32-19/h4-7,9,12-13,15-16,31H,8,10-11H2,1-3H3,(H2,26,27,28,30). The van der Waals surface area contributed by atoms with Gasteiger partial charge in [0.05, 0.1) is 28.7 Å². The number of pyridine rings is 1. The number of aliphatic hydroxyl groups excluding tert-OH is 1. The van der Waals surface area contributed by atoms with E-state index in [0.717, 1.165) is 43.7 Å². The molecule has 4 aromatic rings. The van der Waals surface area contributed by atoms with Crippen LogP contribution in [0.4, 0.5) is 11.8 Å². The second-order valence-electron chi connectivity index (χ2n) is 8.65. The molecule has 8 nitrogen and oxygen atoms in total. The van der Waals surface area contributed by atoms with Gasteiger partial charge in [-0.25, -0.2) is 15.0 Å². The molecular formula is C23H27N7OS2. The molecule has 3 N–H and O–H groups in total. The van der Waals surface area contributed by atoms with Crippen LogP contribution >= 0.6 is 22.7 Å². The van der Waals surface area contributed by atoms with Crippen molar-refractivity contribution in [3.63, 3.8) is 0 Å². The van der Waals surface area contributed by atoms with E-state index in [1.807, 2.05) is 18.4 Å². The van der Waals surface area contributed by atoms with E-state index in [9.17, 15) is 5.11 Å². The van der Waals surface area contributed by atoms with Gasteiger partial charge in [-0.1, -0.05) is 13.8 Å². The van der Waals surface area contributed by atoms with Crippen LogP contribution in [0.25, 0.3) is 20.8 Å². The molecule has 0 saturated heterocycles. The number of nitrogens with one attached hydrogen (secondary N) is 2. The zero-order valence-corrected chi connectivity index (χ0v) is 20.5. The zero-order chi connectivity index (χ0) is 22.9. The summed E-state index contributed by atoms with van der Waals surface area (Å²) < 4.78 is 1.08. The summed E-state index contributed by atoms with van der Waals surface area (Å²) in [5.74, 6) is 2.49. The Kier molecular flexibility index (Phi) is 6.22. The smallest absolute Gasteiger partial charge is 0.225 e. The van der Waals surface area contributed by atoms with Gasteiger partial charge in [-0.3, -0.25) is 4.98 Å². The van der Waals surface area contributed by atoms with Gasteiger partial charge < -0.3 is 15.7 Å². The first-order chi connectivity index (χ1) is 16.0. The van der Waals surface area contributed by atoms with Gasteiger partial charge in [0.25, 0.3) is 0 Å². The molecule has 4 unspecified atom stereocenters. The molecule has 1 saturated carbocycles. The molecule has 172 valence electrons. The summed E-state index contributed by atoms with van der Waals surface area (Å²) in [5, 5.41) is 20.7. The van der Waals surface area contributed by atoms with E-state index in [1.165, 1.54) is 0 Å². The average Bonchev–Trinajstić information content (AvgIpc) is 3.53. The van der Waals surface area contributed by atoms with E-state index in [0.29, 0.717) is 30.2 Å². The number of hydrogen-bond acceptors (Lipinski definition) is 10. The molecule has 10 heteroatoms. The Morgan fingerprint density at radius 3 is 2.76 bits per heavy atom. The lowest BCUT2D eigenvalue weighted by atomic mass is 9.92. The lowest BCUT2D eigenvalue weighted by molar-refractivity contribution is 0.191. The van der Waals surface area contributed by atoms with Crippen molar-refractivity contribution in [1.29, 1.82) is 0 Å². The highest BCUT2D eigenvalue weighted by molar-refractivity contribution is 7.21. The van der Waals surface area contributed by atoms with Crippen LogP contribution < -0.4 is 10.6 Å². The van der Waals surface area contributed by atoms with E-state index in [4.69, 9.17) is 15.0 Å². The molecule has 5 rings (SSSR count). The molecule has 4 aromatic heterocycles. The Morgan fingerprint density at radius 1 is 1.15 bits per heavy atom. The van der Waals surface area contributed by atoms with Crippen molar-refractivity contribution in [3.8, 4) is 10.6 Å². The first-order valence-corrected chi connectivity index (χ1v) is 12.8. The van der Waals surface area contributed by atoms with Gasteiger partial charge in [0.1, 0.15) is 21.3 Å². The molecule has 1 fully saturated rings. The summed E-state index contributed by atoms with van der Waals surface area (Å²) in [6, 6.07) is 2.20. The second-order valence-corrected chi connectivity index (χ2v) is 10.7. The van der Waals surface area contributed by atoms with E-state index in [2.05, 4.69) is 34.4 Å². The van der Waals surface area contributed by atoms with Crippen LogP contribution in [0.2, 0.25) is 0 Å². The number of aromatic nitrogens is 5. The maximum atomic E-state index is 9.82. The molecular weight excluding hydrogens is 454 g/mol. The van der Waals surface area contributed by atoms with E-state index >= 15 is 0 Å². The van der Waals surface area contributed by atoms with E-state index in [-0.39, 0.29) is 12.6 Å². The monoisotopic (exact) mass is 481 g/mol. The Labute approximate surface area is 200 Å². The maximum absolute atomic E-state index is 9.82. The van der Waals surface area contributed by atoms with Crippen LogP contribution in [0.15, 0.2) is 30.0 Å². The number of fused-ring (bicyclic) bond motifs is 1. The summed E-state index contributed by atoms with van der Waals surface area (Å²) in [5.41, 5.74) is 2.65. The highest BCUT2D eigenvalue weighted by Crippen LogP contribution is 2.41. The SMILES string of the molecule is Cc1nc(NCc2nccs2)nc(NC2CC(CO)C(C)C2C)c1-c1nc2cnccc2s1.